The van der Waals surface area contributed by atoms with Crippen molar-refractivity contribution in [2.75, 3.05) is 13.1 Å². The maximum atomic E-state index is 12.2. The van der Waals surface area contributed by atoms with Gasteiger partial charge < -0.3 is 10.2 Å². The molecule has 1 saturated heterocycles. The summed E-state index contributed by atoms with van der Waals surface area (Å²) >= 11 is 0. The van der Waals surface area contributed by atoms with Crippen LogP contribution in [0.25, 0.3) is 0 Å². The third-order valence-electron chi connectivity index (χ3n) is 4.89. The minimum absolute atomic E-state index is 0.0128. The molecule has 0 aromatic heterocycles. The first kappa shape index (κ1) is 14.4. The topological polar surface area (TPSA) is 49.4 Å². The largest absolute Gasteiger partial charge is 0.345 e. The normalized spacial score (nSPS) is 26.9. The number of rotatable bonds is 4. The second kappa shape index (κ2) is 5.51. The molecular formula is C15H26N2O2. The highest BCUT2D eigenvalue weighted by atomic mass is 16.2. The number of amides is 2. The van der Waals surface area contributed by atoms with Crippen LogP contribution in [0.2, 0.25) is 0 Å². The van der Waals surface area contributed by atoms with Crippen LogP contribution >= 0.6 is 0 Å². The van der Waals surface area contributed by atoms with Crippen LogP contribution in [-0.4, -0.2) is 35.8 Å². The van der Waals surface area contributed by atoms with Gasteiger partial charge in [-0.15, -0.1) is 0 Å². The Morgan fingerprint density at radius 1 is 1.32 bits per heavy atom. The summed E-state index contributed by atoms with van der Waals surface area (Å²) in [5.41, 5.74) is 0.250. The van der Waals surface area contributed by atoms with E-state index in [1.165, 1.54) is 25.7 Å². The van der Waals surface area contributed by atoms with E-state index < -0.39 is 0 Å². The lowest BCUT2D eigenvalue weighted by atomic mass is 9.81. The Kier molecular flexibility index (Phi) is 4.16. The molecule has 108 valence electrons. The predicted octanol–water partition coefficient (Wildman–Crippen LogP) is 1.94. The van der Waals surface area contributed by atoms with E-state index in [2.05, 4.69) is 12.2 Å². The molecule has 0 radical (unpaired) electrons. The fourth-order valence-electron chi connectivity index (χ4n) is 3.62. The molecule has 2 rings (SSSR count). The monoisotopic (exact) mass is 266 g/mol. The number of nitrogens with one attached hydrogen (secondary N) is 1. The molecule has 4 nitrogen and oxygen atoms in total. The molecule has 1 N–H and O–H groups in total. The standard InChI is InChI=1S/C15H26N2O2/c1-4-15(7-5-6-8-15)10-17-12(18)9-16-14(19)13(17)11(2)3/h11,13H,4-10H2,1-3H3,(H,16,19). The average Bonchev–Trinajstić information content (AvgIpc) is 2.83. The van der Waals surface area contributed by atoms with E-state index in [4.69, 9.17) is 0 Å². The van der Waals surface area contributed by atoms with Crippen LogP contribution in [0.1, 0.15) is 52.9 Å². The zero-order chi connectivity index (χ0) is 14.0. The van der Waals surface area contributed by atoms with Crippen molar-refractivity contribution in [3.63, 3.8) is 0 Å². The fraction of sp³-hybridized carbons (Fsp3) is 0.867. The second-order valence-corrected chi connectivity index (χ2v) is 6.49. The first-order chi connectivity index (χ1) is 8.99. The zero-order valence-electron chi connectivity index (χ0n) is 12.4. The number of carbonyl (C=O) groups is 2. The number of hydrogen-bond donors (Lipinski definition) is 1. The molecule has 1 aliphatic heterocycles. The summed E-state index contributed by atoms with van der Waals surface area (Å²) in [6, 6.07) is -0.287. The van der Waals surface area contributed by atoms with Gasteiger partial charge in [0.15, 0.2) is 0 Å². The molecular weight excluding hydrogens is 240 g/mol. The van der Waals surface area contributed by atoms with Gasteiger partial charge >= 0.3 is 0 Å². The number of hydrogen-bond acceptors (Lipinski definition) is 2. The minimum atomic E-state index is -0.287. The van der Waals surface area contributed by atoms with Crippen molar-refractivity contribution < 1.29 is 9.59 Å². The average molecular weight is 266 g/mol. The van der Waals surface area contributed by atoms with E-state index in [1.807, 2.05) is 18.7 Å². The van der Waals surface area contributed by atoms with Crippen LogP contribution in [0.3, 0.4) is 0 Å². The summed E-state index contributed by atoms with van der Waals surface area (Å²) in [4.78, 5) is 26.1. The van der Waals surface area contributed by atoms with Gasteiger partial charge in [0.25, 0.3) is 0 Å². The molecule has 1 saturated carbocycles. The van der Waals surface area contributed by atoms with Gasteiger partial charge in [0.1, 0.15) is 6.04 Å². The molecule has 19 heavy (non-hydrogen) atoms. The van der Waals surface area contributed by atoms with Crippen molar-refractivity contribution in [2.45, 2.75) is 58.9 Å². The number of piperazine rings is 1. The van der Waals surface area contributed by atoms with E-state index in [1.54, 1.807) is 0 Å². The molecule has 2 aliphatic rings. The Labute approximate surface area is 115 Å². The molecule has 1 unspecified atom stereocenters. The highest BCUT2D eigenvalue weighted by Crippen LogP contribution is 2.42. The van der Waals surface area contributed by atoms with Crippen LogP contribution < -0.4 is 5.32 Å². The van der Waals surface area contributed by atoms with E-state index >= 15 is 0 Å². The second-order valence-electron chi connectivity index (χ2n) is 6.49. The molecule has 0 aromatic rings. The lowest BCUT2D eigenvalue weighted by molar-refractivity contribution is -0.149. The van der Waals surface area contributed by atoms with E-state index in [-0.39, 0.29) is 35.7 Å². The van der Waals surface area contributed by atoms with Gasteiger partial charge in [0.2, 0.25) is 11.8 Å². The molecule has 1 heterocycles. The molecule has 2 fully saturated rings. The van der Waals surface area contributed by atoms with Crippen LogP contribution in [0.5, 0.6) is 0 Å². The van der Waals surface area contributed by atoms with Crippen molar-refractivity contribution in [3.8, 4) is 0 Å². The maximum Gasteiger partial charge on any atom is 0.243 e. The van der Waals surface area contributed by atoms with Gasteiger partial charge in [-0.1, -0.05) is 33.6 Å². The Morgan fingerprint density at radius 2 is 1.95 bits per heavy atom. The Morgan fingerprint density at radius 3 is 2.47 bits per heavy atom. The van der Waals surface area contributed by atoms with Gasteiger partial charge in [0.05, 0.1) is 6.54 Å². The summed E-state index contributed by atoms with van der Waals surface area (Å²) in [6.07, 6.45) is 6.01. The highest BCUT2D eigenvalue weighted by molar-refractivity contribution is 5.95. The first-order valence-corrected chi connectivity index (χ1v) is 7.56. The predicted molar refractivity (Wildman–Crippen MR) is 74.5 cm³/mol. The van der Waals surface area contributed by atoms with Crippen molar-refractivity contribution in [2.24, 2.45) is 11.3 Å². The van der Waals surface area contributed by atoms with E-state index in [0.29, 0.717) is 0 Å². The summed E-state index contributed by atoms with van der Waals surface area (Å²) in [5.74, 6) is 0.261. The highest BCUT2D eigenvalue weighted by Gasteiger charge is 2.42. The SMILES string of the molecule is CCC1(CN2C(=O)CNC(=O)C2C(C)C)CCCC1. The van der Waals surface area contributed by atoms with Gasteiger partial charge in [0, 0.05) is 6.54 Å². The lowest BCUT2D eigenvalue weighted by Crippen LogP contribution is -2.62. The number of carbonyl (C=O) groups excluding carboxylic acids is 2. The molecule has 0 bridgehead atoms. The van der Waals surface area contributed by atoms with Gasteiger partial charge in [-0.05, 0) is 30.6 Å². The minimum Gasteiger partial charge on any atom is -0.345 e. The van der Waals surface area contributed by atoms with Crippen LogP contribution in [-0.2, 0) is 9.59 Å². The third-order valence-corrected chi connectivity index (χ3v) is 4.89. The molecule has 0 spiro atoms. The van der Waals surface area contributed by atoms with Crippen molar-refractivity contribution >= 4 is 11.8 Å². The van der Waals surface area contributed by atoms with E-state index in [9.17, 15) is 9.59 Å². The van der Waals surface area contributed by atoms with Gasteiger partial charge in [-0.2, -0.15) is 0 Å². The van der Waals surface area contributed by atoms with Crippen molar-refractivity contribution in [1.82, 2.24) is 10.2 Å². The van der Waals surface area contributed by atoms with Crippen LogP contribution in [0.15, 0.2) is 0 Å². The molecule has 1 aliphatic carbocycles. The summed E-state index contributed by atoms with van der Waals surface area (Å²) in [7, 11) is 0. The van der Waals surface area contributed by atoms with Gasteiger partial charge in [-0.3, -0.25) is 9.59 Å². The quantitative estimate of drug-likeness (QED) is 0.845. The van der Waals surface area contributed by atoms with Crippen LogP contribution in [0, 0.1) is 11.3 Å². The molecule has 4 heteroatoms. The van der Waals surface area contributed by atoms with Crippen molar-refractivity contribution in [1.29, 1.82) is 0 Å². The summed E-state index contributed by atoms with van der Waals surface area (Å²) in [5, 5.41) is 2.72. The molecule has 2 amide bonds. The lowest BCUT2D eigenvalue weighted by Gasteiger charge is -2.42. The summed E-state index contributed by atoms with van der Waals surface area (Å²) < 4.78 is 0. The van der Waals surface area contributed by atoms with Gasteiger partial charge in [-0.25, -0.2) is 0 Å². The molecule has 0 aromatic carbocycles. The van der Waals surface area contributed by atoms with Crippen LogP contribution in [0.4, 0.5) is 0 Å². The Hall–Kier alpha value is -1.06. The first-order valence-electron chi connectivity index (χ1n) is 7.56. The Balaban J connectivity index is 2.18. The number of nitrogens with zero attached hydrogens (tertiary/aromatic N) is 1. The maximum absolute atomic E-state index is 12.2. The van der Waals surface area contributed by atoms with E-state index in [0.717, 1.165) is 13.0 Å². The smallest absolute Gasteiger partial charge is 0.243 e. The van der Waals surface area contributed by atoms with Crippen molar-refractivity contribution in [3.05, 3.63) is 0 Å². The summed E-state index contributed by atoms with van der Waals surface area (Å²) in [6.45, 7) is 7.18. The molecule has 1 atom stereocenters. The fourth-order valence-corrected chi connectivity index (χ4v) is 3.62. The zero-order valence-corrected chi connectivity index (χ0v) is 12.4. The third kappa shape index (κ3) is 2.77. The Bertz CT molecular complexity index is 359.